The summed E-state index contributed by atoms with van der Waals surface area (Å²) in [6, 6.07) is 0. The quantitative estimate of drug-likeness (QED) is 0.703. The van der Waals surface area contributed by atoms with E-state index in [4.69, 9.17) is 5.11 Å². The first-order valence-electron chi connectivity index (χ1n) is 4.02. The highest BCUT2D eigenvalue weighted by atomic mass is 32.1. The molecule has 0 spiro atoms. The van der Waals surface area contributed by atoms with Gasteiger partial charge in [0.05, 0.1) is 0 Å². The largest absolute Gasteiger partial charge is 0.479 e. The van der Waals surface area contributed by atoms with Gasteiger partial charge in [-0.25, -0.2) is 9.78 Å². The third kappa shape index (κ3) is 1.60. The van der Waals surface area contributed by atoms with Gasteiger partial charge in [-0.2, -0.15) is 0 Å². The van der Waals surface area contributed by atoms with E-state index in [1.54, 1.807) is 12.3 Å². The zero-order valence-electron chi connectivity index (χ0n) is 7.56. The Hall–Kier alpha value is -1.43. The van der Waals surface area contributed by atoms with Gasteiger partial charge in [0.25, 0.3) is 0 Å². The first-order valence-corrected chi connectivity index (χ1v) is 4.90. The molecule has 0 saturated carbocycles. The van der Waals surface area contributed by atoms with E-state index in [2.05, 4.69) is 10.3 Å². The summed E-state index contributed by atoms with van der Waals surface area (Å²) in [6.45, 7) is 1.69. The molecule has 2 N–H and O–H groups in total. The maximum atomic E-state index is 11.1. The van der Waals surface area contributed by atoms with Crippen molar-refractivity contribution in [3.63, 3.8) is 0 Å². The lowest BCUT2D eigenvalue weighted by atomic mass is 9.97. The molecule has 0 aliphatic heterocycles. The minimum absolute atomic E-state index is 0.259. The Balaban J connectivity index is 3.13. The van der Waals surface area contributed by atoms with Crippen molar-refractivity contribution in [1.29, 1.82) is 0 Å². The van der Waals surface area contributed by atoms with Crippen LogP contribution < -0.4 is 5.32 Å². The van der Waals surface area contributed by atoms with Crippen LogP contribution >= 0.6 is 11.3 Å². The highest BCUT2D eigenvalue weighted by molar-refractivity contribution is 7.09. The van der Waals surface area contributed by atoms with Crippen LogP contribution in [0, 0.1) is 0 Å². The highest BCUT2D eigenvalue weighted by Crippen LogP contribution is 2.26. The smallest absolute Gasteiger partial charge is 0.336 e. The maximum Gasteiger partial charge on any atom is 0.336 e. The number of nitrogens with zero attached hydrogens (tertiary/aromatic N) is 1. The molecule has 0 aliphatic carbocycles. The summed E-state index contributed by atoms with van der Waals surface area (Å²) in [7, 11) is 0. The van der Waals surface area contributed by atoms with Gasteiger partial charge in [0, 0.05) is 11.6 Å². The minimum atomic E-state index is -1.38. The Labute approximate surface area is 84.8 Å². The zero-order chi connectivity index (χ0) is 10.6. The summed E-state index contributed by atoms with van der Waals surface area (Å²) < 4.78 is 0. The number of carbonyl (C=O) groups excluding carboxylic acids is 1. The second-order valence-corrected chi connectivity index (χ2v) is 3.56. The van der Waals surface area contributed by atoms with Crippen molar-refractivity contribution in [2.24, 2.45) is 0 Å². The van der Waals surface area contributed by atoms with Crippen LogP contribution in [0.25, 0.3) is 0 Å². The maximum absolute atomic E-state index is 11.1. The lowest BCUT2D eigenvalue weighted by molar-refractivity contribution is -0.147. The second kappa shape index (κ2) is 4.19. The monoisotopic (exact) mass is 214 g/mol. The van der Waals surface area contributed by atoms with Crippen molar-refractivity contribution in [3.05, 3.63) is 16.6 Å². The van der Waals surface area contributed by atoms with Crippen LogP contribution in [0.15, 0.2) is 11.6 Å². The predicted molar refractivity (Wildman–Crippen MR) is 50.9 cm³/mol. The van der Waals surface area contributed by atoms with E-state index in [0.29, 0.717) is 11.4 Å². The number of hydrogen-bond acceptors (Lipinski definition) is 4. The Morgan fingerprint density at radius 1 is 1.86 bits per heavy atom. The molecular weight excluding hydrogens is 204 g/mol. The molecule has 1 aromatic rings. The Kier molecular flexibility index (Phi) is 3.19. The number of nitrogens with one attached hydrogen (secondary N) is 1. The fourth-order valence-corrected chi connectivity index (χ4v) is 2.02. The lowest BCUT2D eigenvalue weighted by Crippen LogP contribution is -2.48. The molecule has 76 valence electrons. The van der Waals surface area contributed by atoms with Crippen LogP contribution in [0.1, 0.15) is 18.4 Å². The molecule has 1 rings (SSSR count). The van der Waals surface area contributed by atoms with E-state index in [-0.39, 0.29) is 6.42 Å². The lowest BCUT2D eigenvalue weighted by Gasteiger charge is -2.24. The van der Waals surface area contributed by atoms with Crippen molar-refractivity contribution in [2.45, 2.75) is 18.9 Å². The number of carboxylic acids is 1. The summed E-state index contributed by atoms with van der Waals surface area (Å²) >= 11 is 1.21. The van der Waals surface area contributed by atoms with Crippen LogP contribution in [0.2, 0.25) is 0 Å². The van der Waals surface area contributed by atoms with Gasteiger partial charge in [0.1, 0.15) is 5.01 Å². The third-order valence-corrected chi connectivity index (χ3v) is 2.93. The number of amides is 1. The fourth-order valence-electron chi connectivity index (χ4n) is 1.15. The number of carbonyl (C=O) groups is 2. The summed E-state index contributed by atoms with van der Waals surface area (Å²) in [5.74, 6) is -1.10. The number of aromatic nitrogens is 1. The van der Waals surface area contributed by atoms with Gasteiger partial charge in [-0.15, -0.1) is 11.3 Å². The van der Waals surface area contributed by atoms with Gasteiger partial charge in [0.15, 0.2) is 5.54 Å². The van der Waals surface area contributed by atoms with E-state index in [1.165, 1.54) is 17.5 Å². The van der Waals surface area contributed by atoms with E-state index in [1.807, 2.05) is 0 Å². The first kappa shape index (κ1) is 10.6. The number of aliphatic carboxylic acids is 1. The molecule has 5 nitrogen and oxygen atoms in total. The molecule has 1 aromatic heterocycles. The Morgan fingerprint density at radius 2 is 2.57 bits per heavy atom. The molecule has 0 radical (unpaired) electrons. The Bertz CT molecular complexity index is 325. The number of hydrogen-bond donors (Lipinski definition) is 2. The molecule has 0 bridgehead atoms. The minimum Gasteiger partial charge on any atom is -0.479 e. The molecule has 1 heterocycles. The van der Waals surface area contributed by atoms with E-state index >= 15 is 0 Å². The van der Waals surface area contributed by atoms with E-state index in [0.717, 1.165) is 0 Å². The normalized spacial score (nSPS) is 14.4. The molecule has 14 heavy (non-hydrogen) atoms. The molecule has 0 aromatic carbocycles. The van der Waals surface area contributed by atoms with Gasteiger partial charge < -0.3 is 10.4 Å². The van der Waals surface area contributed by atoms with Gasteiger partial charge in [-0.3, -0.25) is 4.79 Å². The Morgan fingerprint density at radius 3 is 2.93 bits per heavy atom. The number of carboxylic acid groups (broad SMARTS) is 1. The van der Waals surface area contributed by atoms with E-state index in [9.17, 15) is 9.59 Å². The average molecular weight is 214 g/mol. The first-order chi connectivity index (χ1) is 6.67. The van der Waals surface area contributed by atoms with Gasteiger partial charge in [-0.1, -0.05) is 6.92 Å². The van der Waals surface area contributed by atoms with Crippen LogP contribution in [-0.4, -0.2) is 22.5 Å². The number of thiazole rings is 1. The molecule has 1 unspecified atom stereocenters. The molecule has 0 aliphatic rings. The van der Waals surface area contributed by atoms with Crippen molar-refractivity contribution >= 4 is 23.7 Å². The summed E-state index contributed by atoms with van der Waals surface area (Å²) in [4.78, 5) is 25.4. The van der Waals surface area contributed by atoms with Crippen LogP contribution in [0.3, 0.4) is 0 Å². The van der Waals surface area contributed by atoms with Crippen LogP contribution in [0.5, 0.6) is 0 Å². The fraction of sp³-hybridized carbons (Fsp3) is 0.375. The second-order valence-electron chi connectivity index (χ2n) is 2.66. The van der Waals surface area contributed by atoms with Crippen LogP contribution in [-0.2, 0) is 15.1 Å². The molecule has 1 atom stereocenters. The standard InChI is InChI=1S/C8H10N2O3S/c1-2-8(7(12)13,10-5-11)6-9-3-4-14-6/h3-5H,2H2,1H3,(H,10,11)(H,12,13). The third-order valence-electron chi connectivity index (χ3n) is 2.00. The molecule has 1 amide bonds. The predicted octanol–water partition coefficient (Wildman–Crippen LogP) is 0.579. The van der Waals surface area contributed by atoms with Crippen molar-refractivity contribution in [1.82, 2.24) is 10.3 Å². The highest BCUT2D eigenvalue weighted by Gasteiger charge is 2.40. The summed E-state index contributed by atoms with van der Waals surface area (Å²) in [5.41, 5.74) is -1.38. The zero-order valence-corrected chi connectivity index (χ0v) is 8.37. The molecular formula is C8H10N2O3S. The van der Waals surface area contributed by atoms with Crippen LogP contribution in [0.4, 0.5) is 0 Å². The number of rotatable bonds is 5. The van der Waals surface area contributed by atoms with Gasteiger partial charge in [0.2, 0.25) is 6.41 Å². The van der Waals surface area contributed by atoms with E-state index < -0.39 is 11.5 Å². The summed E-state index contributed by atoms with van der Waals surface area (Å²) in [5, 5.41) is 13.5. The molecule has 0 saturated heterocycles. The average Bonchev–Trinajstić information content (AvgIpc) is 2.66. The summed E-state index contributed by atoms with van der Waals surface area (Å²) in [6.07, 6.45) is 2.16. The SMILES string of the molecule is CCC(NC=O)(C(=O)O)c1nccs1. The van der Waals surface area contributed by atoms with Crippen molar-refractivity contribution < 1.29 is 14.7 Å². The van der Waals surface area contributed by atoms with Gasteiger partial charge in [-0.05, 0) is 6.42 Å². The molecule has 6 heteroatoms. The molecule has 0 fully saturated rings. The van der Waals surface area contributed by atoms with Gasteiger partial charge >= 0.3 is 5.97 Å². The van der Waals surface area contributed by atoms with Crippen molar-refractivity contribution in [3.8, 4) is 0 Å². The van der Waals surface area contributed by atoms with Crippen molar-refractivity contribution in [2.75, 3.05) is 0 Å². The topological polar surface area (TPSA) is 79.3 Å².